The Labute approximate surface area is 104 Å². The maximum absolute atomic E-state index is 3.59. The Hall–Kier alpha value is -0.470. The van der Waals surface area contributed by atoms with Gasteiger partial charge in [-0.05, 0) is 38.2 Å². The SMILES string of the molecule is CSC(C)CNC(C)c1ccc(C)cc1C. The average Bonchev–Trinajstić information content (AvgIpc) is 2.25. The summed E-state index contributed by atoms with van der Waals surface area (Å²) in [6, 6.07) is 7.13. The standard InChI is InChI=1S/C14H23NS/c1-10-6-7-14(11(2)8-10)13(4)15-9-12(3)16-5/h6-8,12-13,15H,9H2,1-5H3. The van der Waals surface area contributed by atoms with Crippen LogP contribution in [0.25, 0.3) is 0 Å². The molecule has 1 N–H and O–H groups in total. The van der Waals surface area contributed by atoms with Gasteiger partial charge in [0.25, 0.3) is 0 Å². The van der Waals surface area contributed by atoms with Gasteiger partial charge in [0, 0.05) is 17.8 Å². The predicted octanol–water partition coefficient (Wildman–Crippen LogP) is 3.71. The second-order valence-corrected chi connectivity index (χ2v) is 5.81. The number of aryl methyl sites for hydroxylation is 2. The van der Waals surface area contributed by atoms with Crippen LogP contribution in [0, 0.1) is 13.8 Å². The fourth-order valence-corrected chi connectivity index (χ4v) is 2.11. The second kappa shape index (κ2) is 6.31. The van der Waals surface area contributed by atoms with Crippen molar-refractivity contribution in [2.24, 2.45) is 0 Å². The van der Waals surface area contributed by atoms with Crippen LogP contribution < -0.4 is 5.32 Å². The molecule has 0 radical (unpaired) electrons. The van der Waals surface area contributed by atoms with Crippen molar-refractivity contribution >= 4 is 11.8 Å². The highest BCUT2D eigenvalue weighted by molar-refractivity contribution is 7.99. The normalized spacial score (nSPS) is 14.8. The van der Waals surface area contributed by atoms with Gasteiger partial charge in [-0.2, -0.15) is 11.8 Å². The average molecular weight is 237 g/mol. The summed E-state index contributed by atoms with van der Waals surface area (Å²) >= 11 is 1.91. The highest BCUT2D eigenvalue weighted by Gasteiger charge is 2.09. The summed E-state index contributed by atoms with van der Waals surface area (Å²) < 4.78 is 0. The van der Waals surface area contributed by atoms with E-state index in [1.165, 1.54) is 16.7 Å². The molecule has 16 heavy (non-hydrogen) atoms. The molecule has 2 heteroatoms. The lowest BCUT2D eigenvalue weighted by atomic mass is 10.0. The Morgan fingerprint density at radius 2 is 1.94 bits per heavy atom. The molecule has 0 spiro atoms. The summed E-state index contributed by atoms with van der Waals surface area (Å²) in [5.74, 6) is 0. The van der Waals surface area contributed by atoms with Crippen molar-refractivity contribution in [1.29, 1.82) is 0 Å². The number of benzene rings is 1. The van der Waals surface area contributed by atoms with Crippen molar-refractivity contribution in [2.45, 2.75) is 39.0 Å². The Bertz CT molecular complexity index is 336. The lowest BCUT2D eigenvalue weighted by Crippen LogP contribution is -2.26. The summed E-state index contributed by atoms with van der Waals surface area (Å²) in [5.41, 5.74) is 4.14. The third kappa shape index (κ3) is 3.84. The van der Waals surface area contributed by atoms with Crippen molar-refractivity contribution in [3.05, 3.63) is 34.9 Å². The van der Waals surface area contributed by atoms with Crippen LogP contribution >= 0.6 is 11.8 Å². The highest BCUT2D eigenvalue weighted by atomic mass is 32.2. The highest BCUT2D eigenvalue weighted by Crippen LogP contribution is 2.18. The van der Waals surface area contributed by atoms with Crippen LogP contribution in [0.2, 0.25) is 0 Å². The molecule has 1 rings (SSSR count). The van der Waals surface area contributed by atoms with E-state index in [4.69, 9.17) is 0 Å². The van der Waals surface area contributed by atoms with Gasteiger partial charge in [-0.3, -0.25) is 0 Å². The molecule has 0 aliphatic rings. The van der Waals surface area contributed by atoms with Gasteiger partial charge in [0.05, 0.1) is 0 Å². The molecule has 0 aromatic heterocycles. The molecule has 0 bridgehead atoms. The van der Waals surface area contributed by atoms with Gasteiger partial charge in [-0.15, -0.1) is 0 Å². The first-order chi connectivity index (χ1) is 7.54. The molecule has 0 heterocycles. The Kier molecular flexibility index (Phi) is 5.36. The molecule has 0 fully saturated rings. The number of rotatable bonds is 5. The van der Waals surface area contributed by atoms with E-state index in [0.717, 1.165) is 6.54 Å². The van der Waals surface area contributed by atoms with Crippen LogP contribution in [0.3, 0.4) is 0 Å². The quantitative estimate of drug-likeness (QED) is 0.838. The van der Waals surface area contributed by atoms with Crippen LogP contribution in [0.1, 0.15) is 36.6 Å². The topological polar surface area (TPSA) is 12.0 Å². The van der Waals surface area contributed by atoms with Crippen molar-refractivity contribution in [1.82, 2.24) is 5.32 Å². The lowest BCUT2D eigenvalue weighted by molar-refractivity contribution is 0.573. The summed E-state index contributed by atoms with van der Waals surface area (Å²) in [5, 5.41) is 4.26. The van der Waals surface area contributed by atoms with Gasteiger partial charge >= 0.3 is 0 Å². The monoisotopic (exact) mass is 237 g/mol. The molecule has 0 aliphatic heterocycles. The Balaban J connectivity index is 2.62. The van der Waals surface area contributed by atoms with E-state index in [-0.39, 0.29) is 0 Å². The van der Waals surface area contributed by atoms with Crippen molar-refractivity contribution in [2.75, 3.05) is 12.8 Å². The van der Waals surface area contributed by atoms with Gasteiger partial charge < -0.3 is 5.32 Å². The minimum Gasteiger partial charge on any atom is -0.309 e. The van der Waals surface area contributed by atoms with E-state index < -0.39 is 0 Å². The van der Waals surface area contributed by atoms with E-state index in [9.17, 15) is 0 Å². The Morgan fingerprint density at radius 1 is 1.25 bits per heavy atom. The zero-order chi connectivity index (χ0) is 12.1. The van der Waals surface area contributed by atoms with Crippen molar-refractivity contribution in [3.63, 3.8) is 0 Å². The molecule has 2 atom stereocenters. The van der Waals surface area contributed by atoms with Gasteiger partial charge in [-0.1, -0.05) is 30.7 Å². The minimum atomic E-state index is 0.440. The summed E-state index contributed by atoms with van der Waals surface area (Å²) in [6.45, 7) is 9.90. The van der Waals surface area contributed by atoms with Gasteiger partial charge in [-0.25, -0.2) is 0 Å². The molecule has 0 amide bonds. The molecular weight excluding hydrogens is 214 g/mol. The lowest BCUT2D eigenvalue weighted by Gasteiger charge is -2.19. The van der Waals surface area contributed by atoms with Crippen molar-refractivity contribution < 1.29 is 0 Å². The minimum absolute atomic E-state index is 0.440. The van der Waals surface area contributed by atoms with Crippen LogP contribution in [-0.4, -0.2) is 18.1 Å². The molecule has 1 nitrogen and oxygen atoms in total. The smallest absolute Gasteiger partial charge is 0.0294 e. The van der Waals surface area contributed by atoms with E-state index in [1.807, 2.05) is 11.8 Å². The van der Waals surface area contributed by atoms with E-state index in [2.05, 4.69) is 57.5 Å². The summed E-state index contributed by atoms with van der Waals surface area (Å²) in [6.07, 6.45) is 2.16. The first-order valence-electron chi connectivity index (χ1n) is 5.88. The van der Waals surface area contributed by atoms with Crippen LogP contribution in [-0.2, 0) is 0 Å². The van der Waals surface area contributed by atoms with Gasteiger partial charge in [0.1, 0.15) is 0 Å². The second-order valence-electron chi connectivity index (χ2n) is 4.54. The predicted molar refractivity (Wildman–Crippen MR) is 75.3 cm³/mol. The van der Waals surface area contributed by atoms with E-state index in [1.54, 1.807) is 0 Å². The molecule has 0 saturated heterocycles. The fourth-order valence-electron chi connectivity index (χ4n) is 1.85. The molecule has 2 unspecified atom stereocenters. The number of nitrogens with one attached hydrogen (secondary N) is 1. The number of thioether (sulfide) groups is 1. The first-order valence-corrected chi connectivity index (χ1v) is 7.16. The third-order valence-electron chi connectivity index (χ3n) is 3.01. The molecule has 1 aromatic carbocycles. The number of hydrogen-bond donors (Lipinski definition) is 1. The van der Waals surface area contributed by atoms with Gasteiger partial charge in [0.15, 0.2) is 0 Å². The molecule has 1 aromatic rings. The van der Waals surface area contributed by atoms with Gasteiger partial charge in [0.2, 0.25) is 0 Å². The maximum Gasteiger partial charge on any atom is 0.0294 e. The van der Waals surface area contributed by atoms with E-state index in [0.29, 0.717) is 11.3 Å². The molecule has 0 saturated carbocycles. The largest absolute Gasteiger partial charge is 0.309 e. The van der Waals surface area contributed by atoms with Crippen LogP contribution in [0.15, 0.2) is 18.2 Å². The van der Waals surface area contributed by atoms with Crippen molar-refractivity contribution in [3.8, 4) is 0 Å². The van der Waals surface area contributed by atoms with Crippen LogP contribution in [0.4, 0.5) is 0 Å². The Morgan fingerprint density at radius 3 is 2.50 bits per heavy atom. The molecule has 0 aliphatic carbocycles. The zero-order valence-corrected chi connectivity index (χ0v) is 11.8. The number of hydrogen-bond acceptors (Lipinski definition) is 2. The van der Waals surface area contributed by atoms with E-state index >= 15 is 0 Å². The summed E-state index contributed by atoms with van der Waals surface area (Å²) in [7, 11) is 0. The fraction of sp³-hybridized carbons (Fsp3) is 0.571. The molecule has 90 valence electrons. The maximum atomic E-state index is 3.59. The first kappa shape index (κ1) is 13.6. The zero-order valence-electron chi connectivity index (χ0n) is 11.0. The molecular formula is C14H23NS. The summed E-state index contributed by atoms with van der Waals surface area (Å²) in [4.78, 5) is 0. The van der Waals surface area contributed by atoms with Crippen LogP contribution in [0.5, 0.6) is 0 Å². The third-order valence-corrected chi connectivity index (χ3v) is 3.98.